The van der Waals surface area contributed by atoms with Gasteiger partial charge in [-0.15, -0.1) is 0 Å². The predicted molar refractivity (Wildman–Crippen MR) is 99.6 cm³/mol. The number of phenolic OH excluding ortho intramolecular Hbond substituents is 1. The molecule has 26 heavy (non-hydrogen) atoms. The number of aliphatic hydroxyl groups excluding tert-OH is 1. The minimum atomic E-state index is -0.855. The van der Waals surface area contributed by atoms with Crippen molar-refractivity contribution in [2.24, 2.45) is 0 Å². The number of carbonyl (C=O) groups is 1. The Hall–Kier alpha value is -3.05. The van der Waals surface area contributed by atoms with E-state index in [1.807, 2.05) is 30.3 Å². The number of methoxy groups -OCH3 is 2. The van der Waals surface area contributed by atoms with Crippen LogP contribution in [0.25, 0.3) is 21.9 Å². The fraction of sp³-hybridized carbons (Fsp3) is 0.190. The summed E-state index contributed by atoms with van der Waals surface area (Å²) in [6.07, 6.45) is -0.855. The van der Waals surface area contributed by atoms with Crippen molar-refractivity contribution in [2.75, 3.05) is 14.2 Å². The van der Waals surface area contributed by atoms with Gasteiger partial charge in [-0.1, -0.05) is 36.4 Å². The molecule has 0 saturated heterocycles. The highest BCUT2D eigenvalue weighted by Crippen LogP contribution is 2.45. The SMILES string of the molecule is COC(=O)c1ccc2ccccc2c1-c1c([C@H](C)O)ccc(OC)c1O. The molecule has 0 unspecified atom stereocenters. The molecule has 0 spiro atoms. The van der Waals surface area contributed by atoms with Crippen LogP contribution in [0.3, 0.4) is 0 Å². The summed E-state index contributed by atoms with van der Waals surface area (Å²) in [6.45, 7) is 1.60. The lowest BCUT2D eigenvalue weighted by molar-refractivity contribution is 0.0601. The van der Waals surface area contributed by atoms with Gasteiger partial charge < -0.3 is 19.7 Å². The molecule has 134 valence electrons. The van der Waals surface area contributed by atoms with E-state index in [0.717, 1.165) is 10.8 Å². The molecule has 0 heterocycles. The van der Waals surface area contributed by atoms with E-state index in [9.17, 15) is 15.0 Å². The maximum absolute atomic E-state index is 12.4. The maximum Gasteiger partial charge on any atom is 0.338 e. The molecule has 5 nitrogen and oxygen atoms in total. The van der Waals surface area contributed by atoms with Gasteiger partial charge in [0.15, 0.2) is 11.5 Å². The van der Waals surface area contributed by atoms with Gasteiger partial charge in [-0.2, -0.15) is 0 Å². The van der Waals surface area contributed by atoms with E-state index < -0.39 is 12.1 Å². The molecule has 3 aromatic rings. The van der Waals surface area contributed by atoms with Crippen LogP contribution in [-0.4, -0.2) is 30.4 Å². The first kappa shape index (κ1) is 17.8. The van der Waals surface area contributed by atoms with Crippen LogP contribution in [-0.2, 0) is 4.74 Å². The van der Waals surface area contributed by atoms with E-state index in [4.69, 9.17) is 9.47 Å². The van der Waals surface area contributed by atoms with Crippen molar-refractivity contribution in [1.29, 1.82) is 0 Å². The summed E-state index contributed by atoms with van der Waals surface area (Å²) in [7, 11) is 2.76. The molecule has 5 heteroatoms. The smallest absolute Gasteiger partial charge is 0.338 e. The van der Waals surface area contributed by atoms with E-state index in [0.29, 0.717) is 22.3 Å². The van der Waals surface area contributed by atoms with Crippen LogP contribution in [0.5, 0.6) is 11.5 Å². The van der Waals surface area contributed by atoms with Crippen molar-refractivity contribution in [2.45, 2.75) is 13.0 Å². The highest BCUT2D eigenvalue weighted by Gasteiger charge is 2.24. The fourth-order valence-electron chi connectivity index (χ4n) is 3.18. The van der Waals surface area contributed by atoms with Crippen molar-refractivity contribution < 1.29 is 24.5 Å². The Morgan fingerprint density at radius 1 is 1.00 bits per heavy atom. The lowest BCUT2D eigenvalue weighted by Gasteiger charge is -2.20. The predicted octanol–water partition coefficient (Wildman–Crippen LogP) is 4.06. The Kier molecular flexibility index (Phi) is 4.82. The van der Waals surface area contributed by atoms with E-state index in [1.54, 1.807) is 25.1 Å². The average Bonchev–Trinajstić information content (AvgIpc) is 2.66. The second-order valence-corrected chi connectivity index (χ2v) is 5.96. The summed E-state index contributed by atoms with van der Waals surface area (Å²) in [5, 5.41) is 22.7. The normalized spacial score (nSPS) is 12.0. The number of phenols is 1. The molecule has 0 radical (unpaired) electrons. The third-order valence-corrected chi connectivity index (χ3v) is 4.43. The fourth-order valence-corrected chi connectivity index (χ4v) is 3.18. The van der Waals surface area contributed by atoms with Crippen LogP contribution < -0.4 is 4.74 Å². The molecular weight excluding hydrogens is 332 g/mol. The third-order valence-electron chi connectivity index (χ3n) is 4.43. The number of fused-ring (bicyclic) bond motifs is 1. The molecule has 0 aliphatic rings. The first-order chi connectivity index (χ1) is 12.5. The van der Waals surface area contributed by atoms with Crippen LogP contribution in [0.4, 0.5) is 0 Å². The first-order valence-corrected chi connectivity index (χ1v) is 8.18. The molecular formula is C21H20O5. The number of aromatic hydroxyl groups is 1. The molecule has 0 fully saturated rings. The number of hydrogen-bond donors (Lipinski definition) is 2. The molecule has 0 amide bonds. The third kappa shape index (κ3) is 2.86. The molecule has 0 aromatic heterocycles. The summed E-state index contributed by atoms with van der Waals surface area (Å²) in [6, 6.07) is 14.3. The van der Waals surface area contributed by atoms with Gasteiger partial charge in [0, 0.05) is 11.1 Å². The van der Waals surface area contributed by atoms with Crippen molar-refractivity contribution in [3.8, 4) is 22.6 Å². The van der Waals surface area contributed by atoms with Crippen molar-refractivity contribution in [1.82, 2.24) is 0 Å². The first-order valence-electron chi connectivity index (χ1n) is 8.18. The highest BCUT2D eigenvalue weighted by molar-refractivity contribution is 6.09. The summed E-state index contributed by atoms with van der Waals surface area (Å²) in [5.41, 5.74) is 1.65. The van der Waals surface area contributed by atoms with E-state index >= 15 is 0 Å². The zero-order valence-electron chi connectivity index (χ0n) is 14.8. The Morgan fingerprint density at radius 2 is 1.73 bits per heavy atom. The van der Waals surface area contributed by atoms with Crippen LogP contribution >= 0.6 is 0 Å². The second-order valence-electron chi connectivity index (χ2n) is 5.96. The van der Waals surface area contributed by atoms with Gasteiger partial charge in [-0.05, 0) is 35.4 Å². The van der Waals surface area contributed by atoms with E-state index in [2.05, 4.69) is 0 Å². The van der Waals surface area contributed by atoms with Crippen LogP contribution in [0.2, 0.25) is 0 Å². The second kappa shape index (κ2) is 7.06. The Bertz CT molecular complexity index is 976. The Labute approximate surface area is 151 Å². The van der Waals surface area contributed by atoms with Crippen molar-refractivity contribution >= 4 is 16.7 Å². The molecule has 0 bridgehead atoms. The van der Waals surface area contributed by atoms with Gasteiger partial charge in [-0.25, -0.2) is 4.79 Å². The Morgan fingerprint density at radius 3 is 2.38 bits per heavy atom. The summed E-state index contributed by atoms with van der Waals surface area (Å²) < 4.78 is 10.2. The van der Waals surface area contributed by atoms with Crippen LogP contribution in [0.15, 0.2) is 48.5 Å². The molecule has 0 aliphatic carbocycles. The van der Waals surface area contributed by atoms with Crippen LogP contribution in [0, 0.1) is 0 Å². The molecule has 3 aromatic carbocycles. The lowest BCUT2D eigenvalue weighted by Crippen LogP contribution is -2.06. The van der Waals surface area contributed by atoms with Crippen molar-refractivity contribution in [3.05, 3.63) is 59.7 Å². The topological polar surface area (TPSA) is 76.0 Å². The maximum atomic E-state index is 12.4. The number of benzene rings is 3. The zero-order valence-corrected chi connectivity index (χ0v) is 14.8. The van der Waals surface area contributed by atoms with Gasteiger partial charge in [-0.3, -0.25) is 0 Å². The molecule has 0 saturated carbocycles. The summed E-state index contributed by atoms with van der Waals surface area (Å²) >= 11 is 0. The van der Waals surface area contributed by atoms with Gasteiger partial charge in [0.1, 0.15) is 0 Å². The number of aliphatic hydroxyl groups is 1. The molecule has 1 atom stereocenters. The van der Waals surface area contributed by atoms with Crippen LogP contribution in [0.1, 0.15) is 28.9 Å². The van der Waals surface area contributed by atoms with Gasteiger partial charge in [0.2, 0.25) is 0 Å². The Balaban J connectivity index is 2.50. The standard InChI is InChI=1S/C21H20O5/c1-12(22)14-10-11-17(25-2)20(23)19(14)18-15-7-5-4-6-13(15)8-9-16(18)21(24)26-3/h4-12,22-23H,1-3H3/t12-/m0/s1. The monoisotopic (exact) mass is 352 g/mol. The average molecular weight is 352 g/mol. The van der Waals surface area contributed by atoms with Crippen molar-refractivity contribution in [3.63, 3.8) is 0 Å². The molecule has 3 rings (SSSR count). The van der Waals surface area contributed by atoms with E-state index in [-0.39, 0.29) is 11.5 Å². The lowest BCUT2D eigenvalue weighted by atomic mass is 9.88. The summed E-state index contributed by atoms with van der Waals surface area (Å²) in [4.78, 5) is 12.4. The minimum absolute atomic E-state index is 0.132. The highest BCUT2D eigenvalue weighted by atomic mass is 16.5. The largest absolute Gasteiger partial charge is 0.504 e. The number of esters is 1. The zero-order chi connectivity index (χ0) is 18.8. The van der Waals surface area contributed by atoms with E-state index in [1.165, 1.54) is 14.2 Å². The molecule has 0 aliphatic heterocycles. The van der Waals surface area contributed by atoms with Gasteiger partial charge in [0.05, 0.1) is 25.9 Å². The number of hydrogen-bond acceptors (Lipinski definition) is 5. The van der Waals surface area contributed by atoms with Gasteiger partial charge >= 0.3 is 5.97 Å². The minimum Gasteiger partial charge on any atom is -0.504 e. The molecule has 2 N–H and O–H groups in total. The number of carbonyl (C=O) groups excluding carboxylic acids is 1. The summed E-state index contributed by atoms with van der Waals surface area (Å²) in [5.74, 6) is -0.398. The quantitative estimate of drug-likeness (QED) is 0.693. The number of rotatable bonds is 4. The van der Waals surface area contributed by atoms with Gasteiger partial charge in [0.25, 0.3) is 0 Å². The number of ether oxygens (including phenoxy) is 2.